The van der Waals surface area contributed by atoms with Gasteiger partial charge in [-0.3, -0.25) is 9.78 Å². The van der Waals surface area contributed by atoms with Crippen LogP contribution in [0.4, 0.5) is 17.6 Å². The number of aromatic nitrogens is 2. The van der Waals surface area contributed by atoms with E-state index in [4.69, 9.17) is 10.2 Å². The Labute approximate surface area is 207 Å². The number of hydrogen-bond acceptors (Lipinski definition) is 6. The minimum atomic E-state index is -5.20. The number of alkyl halides is 3. The summed E-state index contributed by atoms with van der Waals surface area (Å²) in [5.41, 5.74) is 1.87. The second kappa shape index (κ2) is 9.24. The Morgan fingerprint density at radius 3 is 2.38 bits per heavy atom. The highest BCUT2D eigenvalue weighted by molar-refractivity contribution is 5.98. The van der Waals surface area contributed by atoms with Crippen LogP contribution in [-0.4, -0.2) is 27.0 Å². The molecule has 2 aromatic carbocycles. The molecule has 1 atom stereocenters. The van der Waals surface area contributed by atoms with E-state index in [2.05, 4.69) is 9.97 Å². The fraction of sp³-hybridized carbons (Fsp3) is 0.269. The second-order valence-electron chi connectivity index (χ2n) is 9.36. The largest absolute Gasteiger partial charge is 0.422 e. The summed E-state index contributed by atoms with van der Waals surface area (Å²) in [6.45, 7) is 3.15. The summed E-state index contributed by atoms with van der Waals surface area (Å²) in [6.07, 6.45) is -6.91. The number of benzene rings is 2. The molecule has 4 aromatic rings. The Balaban J connectivity index is 1.73. The Morgan fingerprint density at radius 1 is 1.08 bits per heavy atom. The quantitative estimate of drug-likeness (QED) is 0.236. The molecule has 0 aliphatic heterocycles. The lowest BCUT2D eigenvalue weighted by Gasteiger charge is -2.32. The van der Waals surface area contributed by atoms with E-state index >= 15 is 0 Å². The summed E-state index contributed by atoms with van der Waals surface area (Å²) in [5, 5.41) is 11.0. The van der Waals surface area contributed by atoms with Gasteiger partial charge in [-0.25, -0.2) is 14.2 Å². The number of rotatable bonds is 7. The number of ketones is 1. The van der Waals surface area contributed by atoms with Crippen LogP contribution in [0.3, 0.4) is 0 Å². The summed E-state index contributed by atoms with van der Waals surface area (Å²) in [5.74, 6) is -1.97. The minimum absolute atomic E-state index is 0.0332. The molecule has 7 nitrogen and oxygen atoms in total. The summed E-state index contributed by atoms with van der Waals surface area (Å²) in [7, 11) is 0. The average Bonchev–Trinajstić information content (AvgIpc) is 3.20. The number of H-pyrrole nitrogens is 1. The standard InChI is InChI=1S/C26H23F4N3O4/c1-24(2,31)16-12-18(14-3-6-17(27)7-4-14)32-22(13-16)25(36,26(28,29)30)10-9-20(34)15-5-8-21-19(11-15)33-23(35)37-21/h3-8,11-13,36H,9-10,31H2,1-2H3,(H,33,35). The molecule has 4 N–H and O–H groups in total. The fourth-order valence-corrected chi connectivity index (χ4v) is 3.86. The van der Waals surface area contributed by atoms with Crippen molar-refractivity contribution in [3.05, 3.63) is 87.8 Å². The van der Waals surface area contributed by atoms with Crippen molar-refractivity contribution in [2.24, 2.45) is 5.73 Å². The first-order valence-corrected chi connectivity index (χ1v) is 11.2. The highest BCUT2D eigenvalue weighted by Crippen LogP contribution is 2.43. The predicted octanol–water partition coefficient (Wildman–Crippen LogP) is 4.93. The van der Waals surface area contributed by atoms with Gasteiger partial charge < -0.3 is 15.3 Å². The molecule has 37 heavy (non-hydrogen) atoms. The van der Waals surface area contributed by atoms with Crippen LogP contribution >= 0.6 is 0 Å². The first kappa shape index (κ1) is 26.2. The van der Waals surface area contributed by atoms with E-state index in [1.807, 2.05) is 0 Å². The first-order valence-electron chi connectivity index (χ1n) is 11.2. The Morgan fingerprint density at radius 2 is 1.76 bits per heavy atom. The normalized spacial score (nSPS) is 14.1. The van der Waals surface area contributed by atoms with E-state index in [-0.39, 0.29) is 27.9 Å². The molecule has 2 heterocycles. The van der Waals surface area contributed by atoms with Crippen molar-refractivity contribution in [3.63, 3.8) is 0 Å². The number of aromatic amines is 1. The van der Waals surface area contributed by atoms with Crippen LogP contribution < -0.4 is 11.5 Å². The van der Waals surface area contributed by atoms with Gasteiger partial charge in [0.15, 0.2) is 11.4 Å². The zero-order chi connectivity index (χ0) is 27.2. The number of fused-ring (bicyclic) bond motifs is 1. The number of aliphatic hydroxyl groups is 1. The van der Waals surface area contributed by atoms with Crippen molar-refractivity contribution in [2.45, 2.75) is 44.0 Å². The maximum absolute atomic E-state index is 14.3. The third kappa shape index (κ3) is 5.32. The molecule has 11 heteroatoms. The monoisotopic (exact) mass is 517 g/mol. The van der Waals surface area contributed by atoms with Crippen molar-refractivity contribution >= 4 is 16.9 Å². The minimum Gasteiger partial charge on any atom is -0.408 e. The summed E-state index contributed by atoms with van der Waals surface area (Å²) >= 11 is 0. The van der Waals surface area contributed by atoms with Gasteiger partial charge in [-0.15, -0.1) is 0 Å². The summed E-state index contributed by atoms with van der Waals surface area (Å²) < 4.78 is 61.3. The zero-order valence-electron chi connectivity index (χ0n) is 19.8. The van der Waals surface area contributed by atoms with Crippen LogP contribution in [-0.2, 0) is 11.1 Å². The van der Waals surface area contributed by atoms with Crippen molar-refractivity contribution in [1.82, 2.24) is 9.97 Å². The van der Waals surface area contributed by atoms with E-state index in [9.17, 15) is 32.3 Å². The number of nitrogens with one attached hydrogen (secondary N) is 1. The number of carbonyl (C=O) groups excluding carboxylic acids is 1. The molecule has 0 aliphatic carbocycles. The summed E-state index contributed by atoms with van der Waals surface area (Å²) in [6, 6.07) is 11.5. The van der Waals surface area contributed by atoms with Crippen LogP contribution in [0, 0.1) is 5.82 Å². The average molecular weight is 517 g/mol. The van der Waals surface area contributed by atoms with Crippen LogP contribution in [0.1, 0.15) is 48.3 Å². The molecule has 0 bridgehead atoms. The number of halogens is 4. The van der Waals surface area contributed by atoms with Crippen molar-refractivity contribution in [2.75, 3.05) is 0 Å². The number of Topliss-reactive ketones (excluding diaryl/α,β-unsaturated/α-hetero) is 1. The smallest absolute Gasteiger partial charge is 0.408 e. The number of oxazole rings is 1. The molecule has 0 fully saturated rings. The second-order valence-corrected chi connectivity index (χ2v) is 9.36. The first-order chi connectivity index (χ1) is 17.2. The Kier molecular flexibility index (Phi) is 6.55. The lowest BCUT2D eigenvalue weighted by atomic mass is 9.86. The van der Waals surface area contributed by atoms with Crippen LogP contribution in [0.15, 0.2) is 63.8 Å². The SMILES string of the molecule is CC(C)(N)c1cc(-c2ccc(F)cc2)nc(C(O)(CCC(=O)c2ccc3oc(=O)[nH]c3c2)C(F)(F)F)c1. The van der Waals surface area contributed by atoms with Gasteiger partial charge in [-0.05, 0) is 80.4 Å². The van der Waals surface area contributed by atoms with Gasteiger partial charge in [-0.2, -0.15) is 13.2 Å². The molecule has 0 aliphatic rings. The molecular formula is C26H23F4N3O4. The van der Waals surface area contributed by atoms with Crippen LogP contribution in [0.2, 0.25) is 0 Å². The third-order valence-electron chi connectivity index (χ3n) is 6.06. The van der Waals surface area contributed by atoms with Gasteiger partial charge in [0, 0.05) is 23.1 Å². The molecule has 2 aromatic heterocycles. The van der Waals surface area contributed by atoms with Crippen molar-refractivity contribution < 1.29 is 31.9 Å². The van der Waals surface area contributed by atoms with Crippen molar-refractivity contribution in [1.29, 1.82) is 0 Å². The summed E-state index contributed by atoms with van der Waals surface area (Å²) in [4.78, 5) is 30.6. The lowest BCUT2D eigenvalue weighted by molar-refractivity contribution is -0.270. The highest BCUT2D eigenvalue weighted by Gasteiger charge is 2.56. The Hall–Kier alpha value is -3.83. The number of hydrogen-bond donors (Lipinski definition) is 3. The van der Waals surface area contributed by atoms with Gasteiger partial charge in [0.2, 0.25) is 5.60 Å². The molecule has 0 spiro atoms. The van der Waals surface area contributed by atoms with Gasteiger partial charge in [0.05, 0.1) is 16.9 Å². The molecule has 0 saturated heterocycles. The molecule has 0 amide bonds. The van der Waals surface area contributed by atoms with Gasteiger partial charge in [0.1, 0.15) is 5.82 Å². The maximum Gasteiger partial charge on any atom is 0.422 e. The molecule has 0 radical (unpaired) electrons. The topological polar surface area (TPSA) is 122 Å². The molecule has 194 valence electrons. The van der Waals surface area contributed by atoms with Gasteiger partial charge in [-0.1, -0.05) is 0 Å². The van der Waals surface area contributed by atoms with E-state index in [1.165, 1.54) is 36.4 Å². The fourth-order valence-electron chi connectivity index (χ4n) is 3.86. The number of carbonyl (C=O) groups is 1. The van der Waals surface area contributed by atoms with Gasteiger partial charge in [0.25, 0.3) is 0 Å². The van der Waals surface area contributed by atoms with E-state index in [0.29, 0.717) is 5.56 Å². The van der Waals surface area contributed by atoms with Crippen molar-refractivity contribution in [3.8, 4) is 11.3 Å². The van der Waals surface area contributed by atoms with Gasteiger partial charge >= 0.3 is 11.9 Å². The lowest BCUT2D eigenvalue weighted by Crippen LogP contribution is -2.44. The molecule has 1 unspecified atom stereocenters. The molecule has 4 rings (SSSR count). The number of nitrogens with two attached hydrogens (primary N) is 1. The third-order valence-corrected chi connectivity index (χ3v) is 6.06. The van der Waals surface area contributed by atoms with Crippen LogP contribution in [0.25, 0.3) is 22.4 Å². The number of pyridine rings is 1. The van der Waals surface area contributed by atoms with E-state index in [1.54, 1.807) is 13.8 Å². The number of nitrogens with zero attached hydrogens (tertiary/aromatic N) is 1. The maximum atomic E-state index is 14.3. The predicted molar refractivity (Wildman–Crippen MR) is 127 cm³/mol. The molecular weight excluding hydrogens is 494 g/mol. The highest BCUT2D eigenvalue weighted by atomic mass is 19.4. The Bertz CT molecular complexity index is 1520. The zero-order valence-corrected chi connectivity index (χ0v) is 19.8. The van der Waals surface area contributed by atoms with E-state index < -0.39 is 53.2 Å². The molecule has 0 saturated carbocycles. The van der Waals surface area contributed by atoms with Crippen LogP contribution in [0.5, 0.6) is 0 Å². The van der Waals surface area contributed by atoms with E-state index in [0.717, 1.165) is 18.2 Å².